The molecule has 0 atom stereocenters. The Morgan fingerprint density at radius 2 is 1.71 bits per heavy atom. The van der Waals surface area contributed by atoms with E-state index < -0.39 is 0 Å². The van der Waals surface area contributed by atoms with Crippen molar-refractivity contribution < 1.29 is 19.1 Å². The molecule has 6 nitrogen and oxygen atoms in total. The molecule has 0 spiro atoms. The number of nitrogens with one attached hydrogen (secondary N) is 1. The molecule has 1 fully saturated rings. The van der Waals surface area contributed by atoms with Crippen LogP contribution in [0.3, 0.4) is 0 Å². The minimum absolute atomic E-state index is 0.0457. The zero-order chi connectivity index (χ0) is 19.9. The molecule has 1 aliphatic heterocycles. The smallest absolute Gasteiger partial charge is 0.231 e. The first-order valence-corrected chi connectivity index (χ1v) is 9.47. The van der Waals surface area contributed by atoms with Crippen LogP contribution in [0.1, 0.15) is 25.3 Å². The summed E-state index contributed by atoms with van der Waals surface area (Å²) < 4.78 is 10.7. The predicted molar refractivity (Wildman–Crippen MR) is 109 cm³/mol. The minimum atomic E-state index is -0.121. The molecular formula is C22H26N2O4. The molecule has 28 heavy (non-hydrogen) atoms. The fraction of sp³-hybridized carbons (Fsp3) is 0.364. The topological polar surface area (TPSA) is 67.9 Å². The Morgan fingerprint density at radius 3 is 2.29 bits per heavy atom. The van der Waals surface area contributed by atoms with Gasteiger partial charge >= 0.3 is 0 Å². The van der Waals surface area contributed by atoms with Gasteiger partial charge in [0, 0.05) is 37.6 Å². The summed E-state index contributed by atoms with van der Waals surface area (Å²) in [5.41, 5.74) is 2.49. The van der Waals surface area contributed by atoms with Crippen LogP contribution >= 0.6 is 0 Å². The zero-order valence-electron chi connectivity index (χ0n) is 16.3. The highest BCUT2D eigenvalue weighted by Crippen LogP contribution is 2.26. The molecule has 148 valence electrons. The fourth-order valence-electron chi connectivity index (χ4n) is 3.41. The largest absolute Gasteiger partial charge is 0.497 e. The summed E-state index contributed by atoms with van der Waals surface area (Å²) >= 11 is 0. The van der Waals surface area contributed by atoms with Crippen molar-refractivity contribution in [2.45, 2.75) is 32.2 Å². The van der Waals surface area contributed by atoms with Crippen molar-refractivity contribution in [3.8, 4) is 5.75 Å². The Kier molecular flexibility index (Phi) is 6.66. The lowest BCUT2D eigenvalue weighted by Crippen LogP contribution is -2.44. The molecule has 6 heteroatoms. The van der Waals surface area contributed by atoms with Crippen molar-refractivity contribution in [3.05, 3.63) is 54.1 Å². The third-order valence-corrected chi connectivity index (χ3v) is 4.80. The standard InChI is InChI=1S/C22H26N2O4/c1-16(25)23-18-5-7-19(8-6-18)24(20-11-13-28-14-12-20)22(26)15-17-3-9-21(27-2)10-4-17/h3-10,20H,11-15H2,1-2H3,(H,23,25). The maximum absolute atomic E-state index is 13.2. The van der Waals surface area contributed by atoms with Gasteiger partial charge in [0.25, 0.3) is 0 Å². The average Bonchev–Trinajstić information content (AvgIpc) is 2.70. The lowest BCUT2D eigenvalue weighted by molar-refractivity contribution is -0.119. The van der Waals surface area contributed by atoms with E-state index in [-0.39, 0.29) is 17.9 Å². The number of ether oxygens (including phenoxy) is 2. The van der Waals surface area contributed by atoms with Gasteiger partial charge in [-0.3, -0.25) is 9.59 Å². The molecule has 0 radical (unpaired) electrons. The number of rotatable bonds is 6. The van der Waals surface area contributed by atoms with Gasteiger partial charge in [0.15, 0.2) is 0 Å². The Bertz CT molecular complexity index is 796. The molecule has 0 unspecified atom stereocenters. The van der Waals surface area contributed by atoms with Gasteiger partial charge in [0.1, 0.15) is 5.75 Å². The van der Waals surface area contributed by atoms with Gasteiger partial charge in [-0.15, -0.1) is 0 Å². The van der Waals surface area contributed by atoms with Crippen LogP contribution in [-0.4, -0.2) is 38.2 Å². The normalized spacial score (nSPS) is 14.4. The van der Waals surface area contributed by atoms with Crippen LogP contribution in [0.2, 0.25) is 0 Å². The van der Waals surface area contributed by atoms with Gasteiger partial charge in [0.05, 0.1) is 13.5 Å². The van der Waals surface area contributed by atoms with E-state index in [4.69, 9.17) is 9.47 Å². The van der Waals surface area contributed by atoms with E-state index in [0.29, 0.717) is 25.3 Å². The second-order valence-electron chi connectivity index (χ2n) is 6.86. The van der Waals surface area contributed by atoms with E-state index in [1.54, 1.807) is 7.11 Å². The van der Waals surface area contributed by atoms with Crippen molar-refractivity contribution in [3.63, 3.8) is 0 Å². The van der Waals surface area contributed by atoms with Gasteiger partial charge in [-0.05, 0) is 54.8 Å². The molecule has 1 saturated heterocycles. The van der Waals surface area contributed by atoms with Crippen LogP contribution in [0.25, 0.3) is 0 Å². The molecule has 3 rings (SSSR count). The predicted octanol–water partition coefficient (Wildman–Crippen LogP) is 3.41. The Morgan fingerprint density at radius 1 is 1.07 bits per heavy atom. The number of anilines is 2. The monoisotopic (exact) mass is 382 g/mol. The van der Waals surface area contributed by atoms with Crippen molar-refractivity contribution in [1.82, 2.24) is 0 Å². The number of amides is 2. The van der Waals surface area contributed by atoms with Crippen LogP contribution in [0, 0.1) is 0 Å². The number of carbonyl (C=O) groups excluding carboxylic acids is 2. The highest BCUT2D eigenvalue weighted by molar-refractivity contribution is 5.96. The van der Waals surface area contributed by atoms with Crippen LogP contribution in [-0.2, 0) is 20.7 Å². The number of nitrogens with zero attached hydrogens (tertiary/aromatic N) is 1. The molecule has 0 aromatic heterocycles. The highest BCUT2D eigenvalue weighted by Gasteiger charge is 2.27. The summed E-state index contributed by atoms with van der Waals surface area (Å²) in [7, 11) is 1.62. The third-order valence-electron chi connectivity index (χ3n) is 4.80. The molecule has 0 saturated carbocycles. The van der Waals surface area contributed by atoms with E-state index in [0.717, 1.165) is 29.8 Å². The number of hydrogen-bond acceptors (Lipinski definition) is 4. The van der Waals surface area contributed by atoms with E-state index in [2.05, 4.69) is 5.32 Å². The van der Waals surface area contributed by atoms with Crippen molar-refractivity contribution in [2.75, 3.05) is 30.5 Å². The molecule has 1 aliphatic rings. The van der Waals surface area contributed by atoms with Gasteiger partial charge in [0.2, 0.25) is 11.8 Å². The van der Waals surface area contributed by atoms with E-state index in [1.165, 1.54) is 6.92 Å². The van der Waals surface area contributed by atoms with Gasteiger partial charge in [-0.1, -0.05) is 12.1 Å². The summed E-state index contributed by atoms with van der Waals surface area (Å²) in [6.07, 6.45) is 1.93. The van der Waals surface area contributed by atoms with Gasteiger partial charge < -0.3 is 19.7 Å². The lowest BCUT2D eigenvalue weighted by atomic mass is 10.0. The van der Waals surface area contributed by atoms with Crippen LogP contribution in [0.5, 0.6) is 5.75 Å². The second kappa shape index (κ2) is 9.37. The first-order chi connectivity index (χ1) is 13.6. The summed E-state index contributed by atoms with van der Waals surface area (Å²) in [5.74, 6) is 0.694. The van der Waals surface area contributed by atoms with Crippen LogP contribution in [0.15, 0.2) is 48.5 Å². The molecule has 1 heterocycles. The lowest BCUT2D eigenvalue weighted by Gasteiger charge is -2.34. The van der Waals surface area contributed by atoms with E-state index in [1.807, 2.05) is 53.4 Å². The van der Waals surface area contributed by atoms with Crippen LogP contribution in [0.4, 0.5) is 11.4 Å². The molecule has 2 amide bonds. The Balaban J connectivity index is 1.81. The van der Waals surface area contributed by atoms with Crippen molar-refractivity contribution in [2.24, 2.45) is 0 Å². The molecular weight excluding hydrogens is 356 g/mol. The SMILES string of the molecule is COc1ccc(CC(=O)N(c2ccc(NC(C)=O)cc2)C2CCOCC2)cc1. The average molecular weight is 382 g/mol. The number of methoxy groups -OCH3 is 1. The maximum atomic E-state index is 13.2. The second-order valence-corrected chi connectivity index (χ2v) is 6.86. The fourth-order valence-corrected chi connectivity index (χ4v) is 3.41. The highest BCUT2D eigenvalue weighted by atomic mass is 16.5. The first kappa shape index (κ1) is 19.9. The summed E-state index contributed by atoms with van der Waals surface area (Å²) in [6, 6.07) is 15.1. The summed E-state index contributed by atoms with van der Waals surface area (Å²) in [6.45, 7) is 2.78. The summed E-state index contributed by atoms with van der Waals surface area (Å²) in [5, 5.41) is 2.76. The number of benzene rings is 2. The minimum Gasteiger partial charge on any atom is -0.497 e. The van der Waals surface area contributed by atoms with Crippen LogP contribution < -0.4 is 15.0 Å². The number of hydrogen-bond donors (Lipinski definition) is 1. The van der Waals surface area contributed by atoms with Gasteiger partial charge in [-0.2, -0.15) is 0 Å². The van der Waals surface area contributed by atoms with Crippen molar-refractivity contribution in [1.29, 1.82) is 0 Å². The van der Waals surface area contributed by atoms with E-state index in [9.17, 15) is 9.59 Å². The molecule has 2 aromatic carbocycles. The Labute approximate surface area is 165 Å². The Hall–Kier alpha value is -2.86. The summed E-state index contributed by atoms with van der Waals surface area (Å²) in [4.78, 5) is 26.3. The van der Waals surface area contributed by atoms with Crippen molar-refractivity contribution >= 4 is 23.2 Å². The molecule has 2 aromatic rings. The number of carbonyl (C=O) groups is 2. The zero-order valence-corrected chi connectivity index (χ0v) is 16.3. The maximum Gasteiger partial charge on any atom is 0.231 e. The first-order valence-electron chi connectivity index (χ1n) is 9.47. The molecule has 1 N–H and O–H groups in total. The van der Waals surface area contributed by atoms with Gasteiger partial charge in [-0.25, -0.2) is 0 Å². The molecule has 0 aliphatic carbocycles. The third kappa shape index (κ3) is 5.10. The quantitative estimate of drug-likeness (QED) is 0.831. The molecule has 0 bridgehead atoms. The van der Waals surface area contributed by atoms with E-state index >= 15 is 0 Å².